The Balaban J connectivity index is 1.89. The molecule has 0 radical (unpaired) electrons. The quantitative estimate of drug-likeness (QED) is 0.572. The maximum Gasteiger partial charge on any atom is 0.266 e. The molecule has 0 spiro atoms. The third kappa shape index (κ3) is 3.23. The molecule has 0 aliphatic rings. The smallest absolute Gasteiger partial charge is 0.266 e. The van der Waals surface area contributed by atoms with Gasteiger partial charge in [0.2, 0.25) is 0 Å². The van der Waals surface area contributed by atoms with Gasteiger partial charge in [-0.1, -0.05) is 18.2 Å². The van der Waals surface area contributed by atoms with Gasteiger partial charge in [-0.2, -0.15) is 5.26 Å². The monoisotopic (exact) mass is 315 g/mol. The van der Waals surface area contributed by atoms with Crippen LogP contribution in [0.1, 0.15) is 5.56 Å². The van der Waals surface area contributed by atoms with Gasteiger partial charge in [0.15, 0.2) is 0 Å². The Labute approximate surface area is 138 Å². The maximum atomic E-state index is 12.4. The van der Waals surface area contributed by atoms with E-state index in [0.717, 1.165) is 10.9 Å². The van der Waals surface area contributed by atoms with Crippen molar-refractivity contribution in [3.63, 3.8) is 0 Å². The molecule has 0 saturated heterocycles. The predicted octanol–water partition coefficient (Wildman–Crippen LogP) is 3.49. The summed E-state index contributed by atoms with van der Waals surface area (Å²) in [6, 6.07) is 17.2. The van der Waals surface area contributed by atoms with Crippen molar-refractivity contribution in [3.05, 3.63) is 71.9 Å². The van der Waals surface area contributed by atoms with Crippen molar-refractivity contribution in [2.24, 2.45) is 0 Å². The van der Waals surface area contributed by atoms with Crippen LogP contribution in [0.2, 0.25) is 0 Å². The summed E-state index contributed by atoms with van der Waals surface area (Å²) < 4.78 is 0. The number of carbonyl (C=O) groups is 1. The van der Waals surface area contributed by atoms with E-state index in [4.69, 9.17) is 0 Å². The van der Waals surface area contributed by atoms with Crippen LogP contribution in [0.25, 0.3) is 17.0 Å². The summed E-state index contributed by atoms with van der Waals surface area (Å²) in [7, 11) is 0. The molecule has 0 aliphatic heterocycles. The minimum absolute atomic E-state index is 0.0263. The number of pyridine rings is 1. The zero-order valence-corrected chi connectivity index (χ0v) is 12.6. The Morgan fingerprint density at radius 2 is 1.92 bits per heavy atom. The standard InChI is InChI=1S/C19H13N3O2/c20-12-14(11-13-6-8-15(23)9-7-13)19(24)22-18-5-1-4-17-16(18)3-2-10-21-17/h1-11,23H,(H,22,24)/b14-11+. The average molecular weight is 315 g/mol. The first-order valence-corrected chi connectivity index (χ1v) is 7.23. The van der Waals surface area contributed by atoms with Crippen molar-refractivity contribution >= 4 is 28.6 Å². The highest BCUT2D eigenvalue weighted by atomic mass is 16.3. The normalized spacial score (nSPS) is 11.0. The summed E-state index contributed by atoms with van der Waals surface area (Å²) in [5, 5.41) is 22.1. The minimum atomic E-state index is -0.498. The highest BCUT2D eigenvalue weighted by Gasteiger charge is 2.11. The van der Waals surface area contributed by atoms with Crippen LogP contribution >= 0.6 is 0 Å². The summed E-state index contributed by atoms with van der Waals surface area (Å²) >= 11 is 0. The predicted molar refractivity (Wildman–Crippen MR) is 92.1 cm³/mol. The number of phenolic OH excluding ortho intramolecular Hbond substituents is 1. The van der Waals surface area contributed by atoms with Crippen molar-refractivity contribution in [3.8, 4) is 11.8 Å². The number of aromatic hydroxyl groups is 1. The number of phenols is 1. The number of carbonyl (C=O) groups excluding carboxylic acids is 1. The zero-order valence-electron chi connectivity index (χ0n) is 12.6. The van der Waals surface area contributed by atoms with E-state index in [2.05, 4.69) is 10.3 Å². The second-order valence-electron chi connectivity index (χ2n) is 5.09. The number of hydrogen-bond donors (Lipinski definition) is 2. The number of nitriles is 1. The van der Waals surface area contributed by atoms with E-state index in [1.807, 2.05) is 18.2 Å². The molecule has 5 nitrogen and oxygen atoms in total. The van der Waals surface area contributed by atoms with Crippen LogP contribution in [-0.4, -0.2) is 16.0 Å². The van der Waals surface area contributed by atoms with Crippen LogP contribution in [0, 0.1) is 11.3 Å². The highest BCUT2D eigenvalue weighted by molar-refractivity contribution is 6.12. The van der Waals surface area contributed by atoms with Crippen LogP contribution in [0.3, 0.4) is 0 Å². The maximum absolute atomic E-state index is 12.4. The van der Waals surface area contributed by atoms with E-state index in [9.17, 15) is 15.2 Å². The van der Waals surface area contributed by atoms with Gasteiger partial charge in [0.1, 0.15) is 17.4 Å². The molecular weight excluding hydrogens is 302 g/mol. The molecule has 0 unspecified atom stereocenters. The van der Waals surface area contributed by atoms with Gasteiger partial charge in [0, 0.05) is 11.6 Å². The second kappa shape index (κ2) is 6.63. The number of benzene rings is 2. The average Bonchev–Trinajstić information content (AvgIpc) is 2.61. The lowest BCUT2D eigenvalue weighted by atomic mass is 10.1. The molecule has 1 amide bonds. The number of amides is 1. The first kappa shape index (κ1) is 15.3. The Kier molecular flexibility index (Phi) is 4.21. The summed E-state index contributed by atoms with van der Waals surface area (Å²) in [6.07, 6.45) is 3.15. The van der Waals surface area contributed by atoms with Crippen LogP contribution < -0.4 is 5.32 Å². The first-order valence-electron chi connectivity index (χ1n) is 7.23. The number of hydrogen-bond acceptors (Lipinski definition) is 4. The molecule has 24 heavy (non-hydrogen) atoms. The molecule has 2 aromatic carbocycles. The zero-order chi connectivity index (χ0) is 16.9. The Bertz CT molecular complexity index is 965. The molecule has 0 fully saturated rings. The Morgan fingerprint density at radius 3 is 2.67 bits per heavy atom. The molecule has 3 aromatic rings. The van der Waals surface area contributed by atoms with Crippen LogP contribution in [-0.2, 0) is 4.79 Å². The van der Waals surface area contributed by atoms with Crippen LogP contribution in [0.15, 0.2) is 66.4 Å². The number of fused-ring (bicyclic) bond motifs is 1. The van der Waals surface area contributed by atoms with Gasteiger partial charge in [-0.25, -0.2) is 0 Å². The first-order chi connectivity index (χ1) is 11.7. The number of nitrogens with one attached hydrogen (secondary N) is 1. The molecule has 1 heterocycles. The van der Waals surface area contributed by atoms with Crippen molar-refractivity contribution in [1.29, 1.82) is 5.26 Å². The lowest BCUT2D eigenvalue weighted by Crippen LogP contribution is -2.13. The molecular formula is C19H13N3O2. The Morgan fingerprint density at radius 1 is 1.12 bits per heavy atom. The van der Waals surface area contributed by atoms with E-state index < -0.39 is 5.91 Å². The highest BCUT2D eigenvalue weighted by Crippen LogP contribution is 2.22. The molecule has 0 aliphatic carbocycles. The molecule has 0 saturated carbocycles. The number of rotatable bonds is 3. The van der Waals surface area contributed by atoms with E-state index >= 15 is 0 Å². The fourth-order valence-electron chi connectivity index (χ4n) is 2.29. The van der Waals surface area contributed by atoms with Crippen LogP contribution in [0.4, 0.5) is 5.69 Å². The van der Waals surface area contributed by atoms with E-state index in [1.54, 1.807) is 36.5 Å². The molecule has 116 valence electrons. The van der Waals surface area contributed by atoms with E-state index in [0.29, 0.717) is 11.3 Å². The number of nitrogens with zero attached hydrogens (tertiary/aromatic N) is 2. The van der Waals surface area contributed by atoms with Gasteiger partial charge in [-0.05, 0) is 48.0 Å². The largest absolute Gasteiger partial charge is 0.508 e. The lowest BCUT2D eigenvalue weighted by Gasteiger charge is -2.07. The SMILES string of the molecule is N#C/C(=C\c1ccc(O)cc1)C(=O)Nc1cccc2ncccc12. The summed E-state index contributed by atoms with van der Waals surface area (Å²) in [6.45, 7) is 0. The van der Waals surface area contributed by atoms with Gasteiger partial charge in [-0.3, -0.25) is 9.78 Å². The lowest BCUT2D eigenvalue weighted by molar-refractivity contribution is -0.112. The molecule has 0 atom stereocenters. The fourth-order valence-corrected chi connectivity index (χ4v) is 2.29. The Hall–Kier alpha value is -3.65. The molecule has 3 rings (SSSR count). The van der Waals surface area contributed by atoms with Gasteiger partial charge in [0.25, 0.3) is 5.91 Å². The molecule has 0 bridgehead atoms. The van der Waals surface area contributed by atoms with E-state index in [1.165, 1.54) is 18.2 Å². The number of anilines is 1. The van der Waals surface area contributed by atoms with Crippen molar-refractivity contribution in [2.75, 3.05) is 5.32 Å². The summed E-state index contributed by atoms with van der Waals surface area (Å²) in [5.74, 6) is -0.375. The second-order valence-corrected chi connectivity index (χ2v) is 5.09. The van der Waals surface area contributed by atoms with Gasteiger partial charge < -0.3 is 10.4 Å². The molecule has 5 heteroatoms. The van der Waals surface area contributed by atoms with Crippen molar-refractivity contribution in [2.45, 2.75) is 0 Å². The molecule has 1 aromatic heterocycles. The molecule has 2 N–H and O–H groups in total. The number of aromatic nitrogens is 1. The third-order valence-corrected chi connectivity index (χ3v) is 3.46. The minimum Gasteiger partial charge on any atom is -0.508 e. The van der Waals surface area contributed by atoms with Gasteiger partial charge >= 0.3 is 0 Å². The van der Waals surface area contributed by atoms with Crippen molar-refractivity contribution in [1.82, 2.24) is 4.98 Å². The van der Waals surface area contributed by atoms with Gasteiger partial charge in [-0.15, -0.1) is 0 Å². The van der Waals surface area contributed by atoms with Crippen LogP contribution in [0.5, 0.6) is 5.75 Å². The summed E-state index contributed by atoms with van der Waals surface area (Å²) in [5.41, 5.74) is 1.98. The van der Waals surface area contributed by atoms with Gasteiger partial charge in [0.05, 0.1) is 11.2 Å². The third-order valence-electron chi connectivity index (χ3n) is 3.46. The van der Waals surface area contributed by atoms with Crippen molar-refractivity contribution < 1.29 is 9.90 Å². The summed E-state index contributed by atoms with van der Waals surface area (Å²) in [4.78, 5) is 16.6. The topological polar surface area (TPSA) is 86.0 Å². The fraction of sp³-hybridized carbons (Fsp3) is 0. The van der Waals surface area contributed by atoms with E-state index in [-0.39, 0.29) is 11.3 Å².